The molecule has 1 heterocycles. The van der Waals surface area contributed by atoms with E-state index in [1.807, 2.05) is 30.3 Å². The molecule has 4 nitrogen and oxygen atoms in total. The van der Waals surface area contributed by atoms with Crippen LogP contribution in [0.5, 0.6) is 0 Å². The summed E-state index contributed by atoms with van der Waals surface area (Å²) >= 11 is 2.32. The van der Waals surface area contributed by atoms with E-state index in [4.69, 9.17) is 14.6 Å². The molecule has 118 valence electrons. The van der Waals surface area contributed by atoms with Gasteiger partial charge in [-0.25, -0.2) is 0 Å². The van der Waals surface area contributed by atoms with E-state index in [2.05, 4.69) is 29.5 Å². The first-order valence-corrected chi connectivity index (χ1v) is 8.56. The van der Waals surface area contributed by atoms with Gasteiger partial charge in [-0.05, 0) is 11.5 Å². The molecule has 0 unspecified atom stereocenters. The van der Waals surface area contributed by atoms with Crippen molar-refractivity contribution in [2.75, 3.05) is 13.2 Å². The Labute approximate surface area is 139 Å². The molecule has 5 atom stereocenters. The van der Waals surface area contributed by atoms with E-state index in [-0.39, 0.29) is 28.7 Å². The van der Waals surface area contributed by atoms with Gasteiger partial charge in [0.1, 0.15) is 0 Å². The van der Waals surface area contributed by atoms with E-state index in [1.54, 1.807) is 0 Å². The molecule has 2 rings (SSSR count). The van der Waals surface area contributed by atoms with Crippen molar-refractivity contribution >= 4 is 22.6 Å². The number of hydrogen-bond donors (Lipinski definition) is 2. The monoisotopic (exact) mass is 406 g/mol. The van der Waals surface area contributed by atoms with Gasteiger partial charge in [0.2, 0.25) is 0 Å². The Kier molecular flexibility index (Phi) is 6.88. The third-order valence-corrected chi connectivity index (χ3v) is 5.72. The lowest BCUT2D eigenvalue weighted by atomic mass is 10.0. The quantitative estimate of drug-likeness (QED) is 0.538. The normalized spacial score (nSPS) is 28.5. The van der Waals surface area contributed by atoms with Gasteiger partial charge in [-0.2, -0.15) is 0 Å². The Morgan fingerprint density at radius 3 is 2.71 bits per heavy atom. The van der Waals surface area contributed by atoms with Crippen molar-refractivity contribution in [3.63, 3.8) is 0 Å². The topological polar surface area (TPSA) is 58.9 Å². The van der Waals surface area contributed by atoms with E-state index in [9.17, 15) is 5.11 Å². The largest absolute Gasteiger partial charge is 0.394 e. The first kappa shape index (κ1) is 17.1. The summed E-state index contributed by atoms with van der Waals surface area (Å²) in [6.45, 7) is 3.29. The highest BCUT2D eigenvalue weighted by molar-refractivity contribution is 14.1. The molecule has 1 aromatic rings. The molecular formula is C16H23IO4. The molecule has 2 N–H and O–H groups in total. The van der Waals surface area contributed by atoms with Crippen LogP contribution in [0.3, 0.4) is 0 Å². The molecule has 1 aliphatic heterocycles. The van der Waals surface area contributed by atoms with Crippen LogP contribution < -0.4 is 0 Å². The van der Waals surface area contributed by atoms with Crippen LogP contribution in [0.15, 0.2) is 30.3 Å². The van der Waals surface area contributed by atoms with Crippen molar-refractivity contribution < 1.29 is 19.7 Å². The molecule has 1 aromatic carbocycles. The van der Waals surface area contributed by atoms with Crippen molar-refractivity contribution in [2.45, 2.75) is 42.2 Å². The van der Waals surface area contributed by atoms with Crippen molar-refractivity contribution in [1.82, 2.24) is 0 Å². The first-order valence-electron chi connectivity index (χ1n) is 7.32. The second-order valence-corrected chi connectivity index (χ2v) is 7.07. The Balaban J connectivity index is 1.76. The number of ether oxygens (including phenoxy) is 2. The lowest BCUT2D eigenvalue weighted by molar-refractivity contribution is -0.0206. The van der Waals surface area contributed by atoms with E-state index in [1.165, 1.54) is 0 Å². The lowest BCUT2D eigenvalue weighted by Gasteiger charge is -2.26. The third kappa shape index (κ3) is 4.89. The summed E-state index contributed by atoms with van der Waals surface area (Å²) in [4.78, 5) is 0. The molecule has 1 saturated heterocycles. The second-order valence-electron chi connectivity index (χ2n) is 5.63. The fourth-order valence-electron chi connectivity index (χ4n) is 2.53. The summed E-state index contributed by atoms with van der Waals surface area (Å²) in [5, 5.41) is 19.2. The predicted molar refractivity (Wildman–Crippen MR) is 89.4 cm³/mol. The fraction of sp³-hybridized carbons (Fsp3) is 0.625. The number of rotatable bonds is 7. The summed E-state index contributed by atoms with van der Waals surface area (Å²) in [7, 11) is 0. The summed E-state index contributed by atoms with van der Waals surface area (Å²) in [6, 6.07) is 10.1. The molecule has 0 spiro atoms. The average Bonchev–Trinajstić information content (AvgIpc) is 2.88. The van der Waals surface area contributed by atoms with Gasteiger partial charge in [-0.15, -0.1) is 0 Å². The zero-order valence-corrected chi connectivity index (χ0v) is 14.3. The van der Waals surface area contributed by atoms with Gasteiger partial charge in [0, 0.05) is 10.3 Å². The zero-order valence-electron chi connectivity index (χ0n) is 12.2. The van der Waals surface area contributed by atoms with Crippen molar-refractivity contribution in [3.8, 4) is 0 Å². The molecule has 0 bridgehead atoms. The molecule has 0 radical (unpaired) electrons. The van der Waals surface area contributed by atoms with Crippen molar-refractivity contribution in [2.24, 2.45) is 5.92 Å². The number of aliphatic hydroxyl groups is 2. The average molecular weight is 406 g/mol. The van der Waals surface area contributed by atoms with Crippen LogP contribution in [-0.4, -0.2) is 45.7 Å². The van der Waals surface area contributed by atoms with E-state index < -0.39 is 6.10 Å². The molecule has 1 aliphatic rings. The van der Waals surface area contributed by atoms with Crippen LogP contribution in [-0.2, 0) is 16.1 Å². The molecule has 0 amide bonds. The van der Waals surface area contributed by atoms with Gasteiger partial charge in [0.25, 0.3) is 0 Å². The molecule has 0 aliphatic carbocycles. The SMILES string of the molecule is C[C@H](COCc1ccccc1)[C@H](I)[C@@H]1O[C@@H](CO)C[C@@H]1O. The second kappa shape index (κ2) is 8.43. The van der Waals surface area contributed by atoms with Gasteiger partial charge in [-0.3, -0.25) is 0 Å². The number of aliphatic hydroxyl groups excluding tert-OH is 2. The first-order chi connectivity index (χ1) is 10.1. The van der Waals surface area contributed by atoms with E-state index in [0.717, 1.165) is 5.56 Å². The van der Waals surface area contributed by atoms with Gasteiger partial charge < -0.3 is 19.7 Å². The molecule has 0 saturated carbocycles. The number of benzene rings is 1. The standard InChI is InChI=1S/C16H23IO4/c1-11(9-20-10-12-5-3-2-4-6-12)15(17)16-14(19)7-13(8-18)21-16/h2-6,11,13-16,18-19H,7-10H2,1H3/t11-,13-,14+,15+,16-/m1/s1. The zero-order chi connectivity index (χ0) is 15.2. The minimum atomic E-state index is -0.499. The van der Waals surface area contributed by atoms with Crippen molar-refractivity contribution in [3.05, 3.63) is 35.9 Å². The fourth-order valence-corrected chi connectivity index (χ4v) is 3.39. The summed E-state index contributed by atoms with van der Waals surface area (Å²) < 4.78 is 11.6. The molecule has 0 aromatic heterocycles. The van der Waals surface area contributed by atoms with Gasteiger partial charge in [0.05, 0.1) is 38.1 Å². The molecule has 1 fully saturated rings. The number of hydrogen-bond acceptors (Lipinski definition) is 4. The molecular weight excluding hydrogens is 383 g/mol. The Morgan fingerprint density at radius 2 is 2.10 bits per heavy atom. The van der Waals surface area contributed by atoms with Gasteiger partial charge in [0.15, 0.2) is 0 Å². The highest BCUT2D eigenvalue weighted by Crippen LogP contribution is 2.30. The summed E-state index contributed by atoms with van der Waals surface area (Å²) in [5.74, 6) is 0.270. The molecule has 21 heavy (non-hydrogen) atoms. The van der Waals surface area contributed by atoms with Crippen LogP contribution in [0.1, 0.15) is 18.9 Å². The Morgan fingerprint density at radius 1 is 1.38 bits per heavy atom. The summed E-state index contributed by atoms with van der Waals surface area (Å²) in [6.07, 6.45) is -0.448. The highest BCUT2D eigenvalue weighted by atomic mass is 127. The molecule has 5 heteroatoms. The highest BCUT2D eigenvalue weighted by Gasteiger charge is 2.39. The maximum atomic E-state index is 10.0. The Bertz CT molecular complexity index is 414. The van der Waals surface area contributed by atoms with Crippen LogP contribution in [0, 0.1) is 5.92 Å². The number of halogens is 1. The minimum absolute atomic E-state index is 0.0319. The maximum Gasteiger partial charge on any atom is 0.0960 e. The van der Waals surface area contributed by atoms with Gasteiger partial charge in [-0.1, -0.05) is 59.8 Å². The Hall–Kier alpha value is -0.210. The minimum Gasteiger partial charge on any atom is -0.394 e. The summed E-state index contributed by atoms with van der Waals surface area (Å²) in [5.41, 5.74) is 1.16. The van der Waals surface area contributed by atoms with E-state index in [0.29, 0.717) is 19.6 Å². The maximum absolute atomic E-state index is 10.0. The van der Waals surface area contributed by atoms with Crippen LogP contribution in [0.2, 0.25) is 0 Å². The predicted octanol–water partition coefficient (Wildman–Crippen LogP) is 2.15. The third-order valence-electron chi connectivity index (χ3n) is 3.79. The van der Waals surface area contributed by atoms with Crippen LogP contribution >= 0.6 is 22.6 Å². The van der Waals surface area contributed by atoms with Crippen LogP contribution in [0.4, 0.5) is 0 Å². The lowest BCUT2D eigenvalue weighted by Crippen LogP contribution is -2.36. The number of alkyl halides is 1. The van der Waals surface area contributed by atoms with Gasteiger partial charge >= 0.3 is 0 Å². The van der Waals surface area contributed by atoms with Crippen LogP contribution in [0.25, 0.3) is 0 Å². The van der Waals surface area contributed by atoms with Crippen molar-refractivity contribution in [1.29, 1.82) is 0 Å². The van der Waals surface area contributed by atoms with E-state index >= 15 is 0 Å². The smallest absolute Gasteiger partial charge is 0.0960 e.